The zero-order valence-corrected chi connectivity index (χ0v) is 13.8. The minimum Gasteiger partial charge on any atom is -0.294 e. The second kappa shape index (κ2) is 5.89. The molecular formula is C11H4Cl3F2N3S2. The molecule has 110 valence electrons. The Bertz CT molecular complexity index is 819. The Balaban J connectivity index is 2.24. The number of thiazole rings is 1. The molecule has 3 nitrogen and oxygen atoms in total. The van der Waals surface area contributed by atoms with Crippen LogP contribution < -0.4 is 0 Å². The highest BCUT2D eigenvalue weighted by Gasteiger charge is 2.19. The summed E-state index contributed by atoms with van der Waals surface area (Å²) in [5.74, 6) is 0.348. The van der Waals surface area contributed by atoms with Gasteiger partial charge in [0.05, 0.1) is 9.90 Å². The number of halogens is 5. The van der Waals surface area contributed by atoms with Crippen LogP contribution in [-0.4, -0.2) is 14.4 Å². The Hall–Kier alpha value is -0.600. The van der Waals surface area contributed by atoms with Gasteiger partial charge in [-0.25, -0.2) is 18.7 Å². The molecule has 0 saturated carbocycles. The second-order valence-corrected chi connectivity index (χ2v) is 6.83. The van der Waals surface area contributed by atoms with Gasteiger partial charge in [0.2, 0.25) is 0 Å². The van der Waals surface area contributed by atoms with Gasteiger partial charge < -0.3 is 0 Å². The van der Waals surface area contributed by atoms with Gasteiger partial charge in [-0.3, -0.25) is 4.40 Å². The number of imidazole rings is 1. The lowest BCUT2D eigenvalue weighted by Gasteiger charge is -2.02. The van der Waals surface area contributed by atoms with Crippen LogP contribution in [0.3, 0.4) is 0 Å². The van der Waals surface area contributed by atoms with E-state index in [4.69, 9.17) is 33.9 Å². The van der Waals surface area contributed by atoms with E-state index in [1.807, 2.05) is 0 Å². The molecule has 3 heterocycles. The van der Waals surface area contributed by atoms with E-state index >= 15 is 0 Å². The molecular weight excluding hydrogens is 383 g/mol. The molecule has 0 unspecified atom stereocenters. The lowest BCUT2D eigenvalue weighted by molar-refractivity contribution is 0.155. The maximum atomic E-state index is 12.7. The predicted octanol–water partition coefficient (Wildman–Crippen LogP) is 5.95. The molecule has 0 aliphatic rings. The minimum atomic E-state index is -2.57. The minimum absolute atomic E-state index is 0.133. The fraction of sp³-hybridized carbons (Fsp3) is 0.0909. The van der Waals surface area contributed by atoms with Gasteiger partial charge in [0.25, 0.3) is 6.43 Å². The summed E-state index contributed by atoms with van der Waals surface area (Å²) in [6.07, 6.45) is 0.230. The van der Waals surface area contributed by atoms with E-state index in [-0.39, 0.29) is 10.0 Å². The number of pyridine rings is 1. The Morgan fingerprint density at radius 2 is 2.10 bits per heavy atom. The first-order valence-corrected chi connectivity index (χ1v) is 8.62. The third-order valence-electron chi connectivity index (χ3n) is 2.64. The van der Waals surface area contributed by atoms with Crippen LogP contribution in [0.15, 0.2) is 23.4 Å². The number of fused-ring (bicyclic) bond motifs is 1. The van der Waals surface area contributed by atoms with Gasteiger partial charge in [0, 0.05) is 17.3 Å². The highest BCUT2D eigenvalue weighted by molar-refractivity contribution is 8.21. The number of rotatable bonds is 3. The van der Waals surface area contributed by atoms with Gasteiger partial charge in [0.1, 0.15) is 5.52 Å². The van der Waals surface area contributed by atoms with Gasteiger partial charge >= 0.3 is 0 Å². The summed E-state index contributed by atoms with van der Waals surface area (Å²) in [5, 5.41) is 0.880. The van der Waals surface area contributed by atoms with Gasteiger partial charge in [-0.2, -0.15) is 0 Å². The monoisotopic (exact) mass is 385 g/mol. The van der Waals surface area contributed by atoms with Gasteiger partial charge in [-0.05, 0) is 27.7 Å². The number of hydrogen-bond donors (Lipinski definition) is 0. The molecule has 0 fully saturated rings. The maximum absolute atomic E-state index is 12.7. The summed E-state index contributed by atoms with van der Waals surface area (Å²) in [6, 6.07) is 1.65. The number of nitrogens with zero attached hydrogens (tertiary/aromatic N) is 3. The summed E-state index contributed by atoms with van der Waals surface area (Å²) in [5.41, 5.74) is 0.483. The lowest BCUT2D eigenvalue weighted by atomic mass is 10.4. The summed E-state index contributed by atoms with van der Waals surface area (Å²) in [6.45, 7) is 0. The Kier molecular flexibility index (Phi) is 4.29. The summed E-state index contributed by atoms with van der Waals surface area (Å²) >= 11 is 13.1. The van der Waals surface area contributed by atoms with Crippen molar-refractivity contribution in [3.05, 3.63) is 33.5 Å². The lowest BCUT2D eigenvalue weighted by Crippen LogP contribution is -1.90. The van der Waals surface area contributed by atoms with Crippen LogP contribution in [0.1, 0.15) is 11.3 Å². The average molecular weight is 387 g/mol. The summed E-state index contributed by atoms with van der Waals surface area (Å²) in [4.78, 5) is 8.68. The van der Waals surface area contributed by atoms with Crippen LogP contribution in [-0.2, 0) is 0 Å². The topological polar surface area (TPSA) is 30.2 Å². The number of alkyl halides is 2. The Morgan fingerprint density at radius 3 is 2.71 bits per heavy atom. The number of aromatic nitrogens is 3. The fourth-order valence-electron chi connectivity index (χ4n) is 1.79. The molecule has 0 bridgehead atoms. The van der Waals surface area contributed by atoms with Crippen molar-refractivity contribution in [1.82, 2.24) is 14.4 Å². The molecule has 3 aromatic rings. The van der Waals surface area contributed by atoms with Crippen LogP contribution in [0.4, 0.5) is 8.78 Å². The quantitative estimate of drug-likeness (QED) is 0.557. The van der Waals surface area contributed by atoms with Crippen molar-refractivity contribution in [2.75, 3.05) is 0 Å². The third-order valence-corrected chi connectivity index (χ3v) is 5.13. The fourth-order valence-corrected chi connectivity index (χ4v) is 3.79. The van der Waals surface area contributed by atoms with E-state index in [0.29, 0.717) is 26.3 Å². The normalized spacial score (nSPS) is 11.7. The first kappa shape index (κ1) is 15.3. The van der Waals surface area contributed by atoms with Gasteiger partial charge in [-0.15, -0.1) is 11.3 Å². The SMILES string of the molecule is FC(F)c1cnc(-c2nc(Cl)c3c(Cl)cc(SCl)cn23)s1. The molecule has 0 spiro atoms. The zero-order chi connectivity index (χ0) is 15.1. The van der Waals surface area contributed by atoms with Crippen molar-refractivity contribution in [2.45, 2.75) is 11.3 Å². The van der Waals surface area contributed by atoms with E-state index < -0.39 is 6.43 Å². The van der Waals surface area contributed by atoms with E-state index in [9.17, 15) is 8.78 Å². The zero-order valence-electron chi connectivity index (χ0n) is 9.86. The van der Waals surface area contributed by atoms with Crippen LogP contribution >= 0.6 is 56.2 Å². The summed E-state index contributed by atoms with van der Waals surface area (Å²) < 4.78 is 26.9. The van der Waals surface area contributed by atoms with Gasteiger partial charge in [-0.1, -0.05) is 23.2 Å². The molecule has 0 radical (unpaired) electrons. The first-order chi connectivity index (χ1) is 10.0. The van der Waals surface area contributed by atoms with Crippen LogP contribution in [0.2, 0.25) is 10.2 Å². The van der Waals surface area contributed by atoms with E-state index in [0.717, 1.165) is 28.5 Å². The Morgan fingerprint density at radius 1 is 1.33 bits per heavy atom. The van der Waals surface area contributed by atoms with E-state index in [1.54, 1.807) is 16.7 Å². The van der Waals surface area contributed by atoms with Crippen LogP contribution in [0, 0.1) is 0 Å². The highest BCUT2D eigenvalue weighted by atomic mass is 35.7. The molecule has 0 saturated heterocycles. The molecule has 0 aliphatic heterocycles. The standard InChI is InChI=1S/C11H4Cl3F2N3S2/c12-5-1-4(21-14)3-19-7(5)8(13)18-10(19)11-17-2-6(20-11)9(15)16/h1-3,9H. The molecule has 0 aliphatic carbocycles. The molecule has 10 heteroatoms. The van der Waals surface area contributed by atoms with Crippen molar-refractivity contribution in [1.29, 1.82) is 0 Å². The van der Waals surface area contributed by atoms with Crippen molar-refractivity contribution < 1.29 is 8.78 Å². The van der Waals surface area contributed by atoms with Crippen molar-refractivity contribution >= 4 is 61.7 Å². The third kappa shape index (κ3) is 2.73. The van der Waals surface area contributed by atoms with Crippen molar-refractivity contribution in [2.24, 2.45) is 0 Å². The highest BCUT2D eigenvalue weighted by Crippen LogP contribution is 2.37. The van der Waals surface area contributed by atoms with Crippen molar-refractivity contribution in [3.63, 3.8) is 0 Å². The molecule has 21 heavy (non-hydrogen) atoms. The predicted molar refractivity (Wildman–Crippen MR) is 83.0 cm³/mol. The van der Waals surface area contributed by atoms with Crippen molar-refractivity contribution in [3.8, 4) is 10.8 Å². The summed E-state index contributed by atoms with van der Waals surface area (Å²) in [7, 11) is 6.71. The van der Waals surface area contributed by atoms with Crippen LogP contribution in [0.5, 0.6) is 0 Å². The molecule has 3 aromatic heterocycles. The van der Waals surface area contributed by atoms with Crippen LogP contribution in [0.25, 0.3) is 16.3 Å². The molecule has 0 amide bonds. The molecule has 0 aromatic carbocycles. The second-order valence-electron chi connectivity index (χ2n) is 3.91. The van der Waals surface area contributed by atoms with E-state index in [1.165, 1.54) is 0 Å². The average Bonchev–Trinajstić information content (AvgIpc) is 3.03. The smallest absolute Gasteiger partial charge is 0.274 e. The Labute approximate surface area is 140 Å². The van der Waals surface area contributed by atoms with Gasteiger partial charge in [0.15, 0.2) is 16.0 Å². The molecule has 0 atom stereocenters. The molecule has 0 N–H and O–H groups in total. The largest absolute Gasteiger partial charge is 0.294 e. The van der Waals surface area contributed by atoms with E-state index in [2.05, 4.69) is 9.97 Å². The number of hydrogen-bond acceptors (Lipinski definition) is 4. The molecule has 3 rings (SSSR count). The maximum Gasteiger partial charge on any atom is 0.274 e. The first-order valence-electron chi connectivity index (χ1n) is 5.41.